The van der Waals surface area contributed by atoms with Gasteiger partial charge in [0, 0.05) is 45.1 Å². The highest BCUT2D eigenvalue weighted by Crippen LogP contribution is 2.33. The number of alkyl halides is 3. The van der Waals surface area contributed by atoms with Gasteiger partial charge < -0.3 is 14.8 Å². The zero-order chi connectivity index (χ0) is 15.1. The van der Waals surface area contributed by atoms with Crippen LogP contribution >= 0.6 is 0 Å². The topological polar surface area (TPSA) is 30.5 Å². The van der Waals surface area contributed by atoms with Crippen LogP contribution in [0.2, 0.25) is 0 Å². The minimum absolute atomic E-state index is 0.0590. The number of ether oxygens (including phenoxy) is 2. The third kappa shape index (κ3) is 5.58. The molecule has 0 aromatic rings. The molecule has 20 heavy (non-hydrogen) atoms. The molecular formula is C14H26F3NO2. The van der Waals surface area contributed by atoms with Gasteiger partial charge in [-0.15, -0.1) is 0 Å². The van der Waals surface area contributed by atoms with E-state index in [1.807, 2.05) is 13.8 Å². The van der Waals surface area contributed by atoms with Crippen molar-refractivity contribution in [3.05, 3.63) is 0 Å². The largest absolute Gasteiger partial charge is 0.389 e. The van der Waals surface area contributed by atoms with Gasteiger partial charge in [-0.1, -0.05) is 6.92 Å². The average molecular weight is 297 g/mol. The van der Waals surface area contributed by atoms with E-state index in [1.165, 1.54) is 0 Å². The Bertz CT molecular complexity index is 260. The van der Waals surface area contributed by atoms with Gasteiger partial charge in [-0.2, -0.15) is 13.2 Å². The van der Waals surface area contributed by atoms with E-state index in [-0.39, 0.29) is 12.5 Å². The summed E-state index contributed by atoms with van der Waals surface area (Å²) in [5.74, 6) is 0. The normalized spacial score (nSPS) is 20.9. The van der Waals surface area contributed by atoms with E-state index in [9.17, 15) is 13.2 Å². The summed E-state index contributed by atoms with van der Waals surface area (Å²) in [5, 5.41) is 3.26. The molecule has 6 heteroatoms. The molecule has 1 saturated heterocycles. The number of hydrogen-bond donors (Lipinski definition) is 1. The zero-order valence-electron chi connectivity index (χ0n) is 12.4. The first-order chi connectivity index (χ1) is 9.43. The summed E-state index contributed by atoms with van der Waals surface area (Å²) in [4.78, 5) is 0. The molecule has 120 valence electrons. The van der Waals surface area contributed by atoms with Gasteiger partial charge in [0.2, 0.25) is 0 Å². The first-order valence-electron chi connectivity index (χ1n) is 7.45. The van der Waals surface area contributed by atoms with Gasteiger partial charge in [-0.25, -0.2) is 0 Å². The Balaban J connectivity index is 2.74. The third-order valence-electron chi connectivity index (χ3n) is 3.76. The van der Waals surface area contributed by atoms with Crippen molar-refractivity contribution < 1.29 is 22.6 Å². The van der Waals surface area contributed by atoms with Crippen molar-refractivity contribution in [1.82, 2.24) is 5.32 Å². The summed E-state index contributed by atoms with van der Waals surface area (Å²) in [6, 6.07) is -0.270. The van der Waals surface area contributed by atoms with Crippen LogP contribution in [-0.2, 0) is 9.47 Å². The van der Waals surface area contributed by atoms with Crippen molar-refractivity contribution in [2.45, 2.75) is 63.8 Å². The van der Waals surface area contributed by atoms with Gasteiger partial charge in [0.05, 0.1) is 5.60 Å². The molecule has 0 aliphatic carbocycles. The molecule has 0 radical (unpaired) electrons. The molecular weight excluding hydrogens is 271 g/mol. The first-order valence-corrected chi connectivity index (χ1v) is 7.45. The van der Waals surface area contributed by atoms with Gasteiger partial charge in [0.15, 0.2) is 0 Å². The lowest BCUT2D eigenvalue weighted by atomic mass is 9.83. The van der Waals surface area contributed by atoms with E-state index in [4.69, 9.17) is 9.47 Å². The van der Waals surface area contributed by atoms with E-state index >= 15 is 0 Å². The third-order valence-corrected chi connectivity index (χ3v) is 3.76. The number of hydrogen-bond acceptors (Lipinski definition) is 3. The molecule has 0 aromatic carbocycles. The van der Waals surface area contributed by atoms with E-state index in [1.54, 1.807) is 0 Å². The second-order valence-electron chi connectivity index (χ2n) is 5.27. The summed E-state index contributed by atoms with van der Waals surface area (Å²) < 4.78 is 48.8. The fourth-order valence-electron chi connectivity index (χ4n) is 2.78. The highest BCUT2D eigenvalue weighted by atomic mass is 19.4. The van der Waals surface area contributed by atoms with Crippen LogP contribution < -0.4 is 5.32 Å². The molecule has 0 amide bonds. The molecule has 1 fully saturated rings. The summed E-state index contributed by atoms with van der Waals surface area (Å²) in [7, 11) is 0. The molecule has 1 aliphatic rings. The van der Waals surface area contributed by atoms with Crippen LogP contribution in [0, 0.1) is 0 Å². The molecule has 1 unspecified atom stereocenters. The Morgan fingerprint density at radius 3 is 2.40 bits per heavy atom. The molecule has 1 atom stereocenters. The van der Waals surface area contributed by atoms with E-state index < -0.39 is 18.2 Å². The Kier molecular flexibility index (Phi) is 7.26. The lowest BCUT2D eigenvalue weighted by Crippen LogP contribution is -2.56. The SMILES string of the molecule is CCCNC(CCC(F)(F)F)C1(OCC)CCOCC1. The van der Waals surface area contributed by atoms with Crippen molar-refractivity contribution in [2.75, 3.05) is 26.4 Å². The minimum Gasteiger partial charge on any atom is -0.381 e. The highest BCUT2D eigenvalue weighted by Gasteiger charge is 2.42. The van der Waals surface area contributed by atoms with E-state index in [2.05, 4.69) is 5.32 Å². The highest BCUT2D eigenvalue weighted by molar-refractivity contribution is 4.95. The van der Waals surface area contributed by atoms with Crippen LogP contribution in [0.25, 0.3) is 0 Å². The van der Waals surface area contributed by atoms with Crippen LogP contribution in [0.3, 0.4) is 0 Å². The number of rotatable bonds is 8. The molecule has 0 spiro atoms. The van der Waals surface area contributed by atoms with Crippen LogP contribution in [-0.4, -0.2) is 44.2 Å². The smallest absolute Gasteiger partial charge is 0.381 e. The Hall–Kier alpha value is -0.330. The lowest BCUT2D eigenvalue weighted by molar-refractivity contribution is -0.153. The molecule has 1 heterocycles. The van der Waals surface area contributed by atoms with Crippen LogP contribution in [0.1, 0.15) is 46.0 Å². The average Bonchev–Trinajstić information content (AvgIpc) is 2.39. The maximum Gasteiger partial charge on any atom is 0.389 e. The van der Waals surface area contributed by atoms with Crippen molar-refractivity contribution in [3.63, 3.8) is 0 Å². The fourth-order valence-corrected chi connectivity index (χ4v) is 2.78. The zero-order valence-corrected chi connectivity index (χ0v) is 12.4. The minimum atomic E-state index is -4.12. The second kappa shape index (κ2) is 8.20. The van der Waals surface area contributed by atoms with Crippen LogP contribution in [0.4, 0.5) is 13.2 Å². The van der Waals surface area contributed by atoms with E-state index in [0.717, 1.165) is 6.42 Å². The quantitative estimate of drug-likeness (QED) is 0.746. The van der Waals surface area contributed by atoms with Gasteiger partial charge in [0.25, 0.3) is 0 Å². The summed E-state index contributed by atoms with van der Waals surface area (Å²) in [5.41, 5.74) is -0.520. The Morgan fingerprint density at radius 1 is 1.25 bits per heavy atom. The van der Waals surface area contributed by atoms with Gasteiger partial charge in [-0.05, 0) is 26.3 Å². The molecule has 1 N–H and O–H groups in total. The molecule has 1 rings (SSSR count). The van der Waals surface area contributed by atoms with Crippen molar-refractivity contribution in [3.8, 4) is 0 Å². The standard InChI is InChI=1S/C14H26F3NO2/c1-3-9-18-12(5-6-14(15,16)17)13(20-4-2)7-10-19-11-8-13/h12,18H,3-11H2,1-2H3. The van der Waals surface area contributed by atoms with Crippen molar-refractivity contribution in [1.29, 1.82) is 0 Å². The lowest BCUT2D eigenvalue weighted by Gasteiger charge is -2.43. The predicted molar refractivity (Wildman–Crippen MR) is 71.8 cm³/mol. The molecule has 0 saturated carbocycles. The maximum atomic E-state index is 12.5. The monoisotopic (exact) mass is 297 g/mol. The number of nitrogens with one attached hydrogen (secondary N) is 1. The molecule has 3 nitrogen and oxygen atoms in total. The predicted octanol–water partition coefficient (Wildman–Crippen LogP) is 3.28. The summed E-state index contributed by atoms with van der Waals surface area (Å²) in [6.07, 6.45) is -2.64. The van der Waals surface area contributed by atoms with Crippen molar-refractivity contribution >= 4 is 0 Å². The van der Waals surface area contributed by atoms with Gasteiger partial charge >= 0.3 is 6.18 Å². The first kappa shape index (κ1) is 17.7. The fraction of sp³-hybridized carbons (Fsp3) is 1.00. The van der Waals surface area contributed by atoms with Crippen molar-refractivity contribution in [2.24, 2.45) is 0 Å². The van der Waals surface area contributed by atoms with Crippen LogP contribution in [0.15, 0.2) is 0 Å². The van der Waals surface area contributed by atoms with Crippen LogP contribution in [0.5, 0.6) is 0 Å². The molecule has 0 bridgehead atoms. The Morgan fingerprint density at radius 2 is 1.90 bits per heavy atom. The second-order valence-corrected chi connectivity index (χ2v) is 5.27. The molecule has 0 aromatic heterocycles. The summed E-state index contributed by atoms with van der Waals surface area (Å²) >= 11 is 0. The maximum absolute atomic E-state index is 12.5. The van der Waals surface area contributed by atoms with Gasteiger partial charge in [0.1, 0.15) is 0 Å². The van der Waals surface area contributed by atoms with Gasteiger partial charge in [-0.3, -0.25) is 0 Å². The molecule has 1 aliphatic heterocycles. The van der Waals surface area contributed by atoms with E-state index in [0.29, 0.717) is 39.2 Å². The summed E-state index contributed by atoms with van der Waals surface area (Å²) in [6.45, 7) is 6.21. The Labute approximate surface area is 119 Å². The number of halogens is 3.